The SMILES string of the molecule is CCOc1ccc(S(=O)(=O)N2CCN(c3ccnc(N4CCCCC4)n3)CC2)c(OCC)c1. The van der Waals surface area contributed by atoms with Gasteiger partial charge in [-0.05, 0) is 51.3 Å². The number of anilines is 2. The Morgan fingerprint density at radius 1 is 0.879 bits per heavy atom. The van der Waals surface area contributed by atoms with E-state index in [0.717, 1.165) is 24.9 Å². The lowest BCUT2D eigenvalue weighted by Crippen LogP contribution is -2.49. The molecule has 0 atom stereocenters. The van der Waals surface area contributed by atoms with Crippen LogP contribution < -0.4 is 19.3 Å². The third-order valence-corrected chi connectivity index (χ3v) is 7.91. The number of benzene rings is 1. The van der Waals surface area contributed by atoms with Crippen molar-refractivity contribution >= 4 is 21.8 Å². The zero-order valence-electron chi connectivity index (χ0n) is 19.4. The topological polar surface area (TPSA) is 88.1 Å². The Kier molecular flexibility index (Phi) is 7.54. The molecule has 0 amide bonds. The largest absolute Gasteiger partial charge is 0.494 e. The first-order valence-electron chi connectivity index (χ1n) is 11.8. The van der Waals surface area contributed by atoms with Gasteiger partial charge in [0.15, 0.2) is 0 Å². The predicted octanol–water partition coefficient (Wildman–Crippen LogP) is 2.78. The first kappa shape index (κ1) is 23.6. The van der Waals surface area contributed by atoms with Crippen LogP contribution >= 0.6 is 0 Å². The summed E-state index contributed by atoms with van der Waals surface area (Å²) in [7, 11) is -3.69. The molecule has 0 bridgehead atoms. The normalized spacial score (nSPS) is 17.8. The highest BCUT2D eigenvalue weighted by Gasteiger charge is 2.31. The van der Waals surface area contributed by atoms with Crippen LogP contribution in [-0.2, 0) is 10.0 Å². The molecule has 1 aromatic carbocycles. The molecular formula is C23H33N5O4S. The minimum Gasteiger partial charge on any atom is -0.494 e. The first-order valence-corrected chi connectivity index (χ1v) is 13.2. The van der Waals surface area contributed by atoms with Gasteiger partial charge in [0.25, 0.3) is 0 Å². The monoisotopic (exact) mass is 475 g/mol. The number of nitrogens with zero attached hydrogens (tertiary/aromatic N) is 5. The molecule has 2 saturated heterocycles. The van der Waals surface area contributed by atoms with Crippen molar-refractivity contribution < 1.29 is 17.9 Å². The first-order chi connectivity index (χ1) is 16.0. The summed E-state index contributed by atoms with van der Waals surface area (Å²) in [5.41, 5.74) is 0. The quantitative estimate of drug-likeness (QED) is 0.576. The third kappa shape index (κ3) is 5.33. The van der Waals surface area contributed by atoms with Crippen molar-refractivity contribution in [1.29, 1.82) is 0 Å². The minimum absolute atomic E-state index is 0.177. The Hall–Kier alpha value is -2.59. The lowest BCUT2D eigenvalue weighted by molar-refractivity contribution is 0.314. The van der Waals surface area contributed by atoms with Crippen molar-refractivity contribution in [2.45, 2.75) is 38.0 Å². The van der Waals surface area contributed by atoms with Gasteiger partial charge in [-0.2, -0.15) is 9.29 Å². The van der Waals surface area contributed by atoms with E-state index in [0.29, 0.717) is 50.9 Å². The third-order valence-electron chi connectivity index (χ3n) is 5.97. The molecule has 4 rings (SSSR count). The molecule has 1 aromatic heterocycles. The Morgan fingerprint density at radius 2 is 1.61 bits per heavy atom. The van der Waals surface area contributed by atoms with E-state index in [4.69, 9.17) is 14.5 Å². The summed E-state index contributed by atoms with van der Waals surface area (Å²) >= 11 is 0. The molecular weight excluding hydrogens is 442 g/mol. The van der Waals surface area contributed by atoms with Crippen molar-refractivity contribution in [2.75, 3.05) is 62.3 Å². The van der Waals surface area contributed by atoms with Gasteiger partial charge in [0, 0.05) is 51.5 Å². The van der Waals surface area contributed by atoms with Gasteiger partial charge >= 0.3 is 0 Å². The van der Waals surface area contributed by atoms with Gasteiger partial charge in [-0.3, -0.25) is 0 Å². The van der Waals surface area contributed by atoms with E-state index in [2.05, 4.69) is 14.8 Å². The fraction of sp³-hybridized carbons (Fsp3) is 0.565. The van der Waals surface area contributed by atoms with E-state index in [1.807, 2.05) is 19.9 Å². The van der Waals surface area contributed by atoms with Gasteiger partial charge in [0.1, 0.15) is 22.2 Å². The summed E-state index contributed by atoms with van der Waals surface area (Å²) in [4.78, 5) is 13.8. The van der Waals surface area contributed by atoms with Crippen LogP contribution in [0, 0.1) is 0 Å². The highest BCUT2D eigenvalue weighted by Crippen LogP contribution is 2.32. The van der Waals surface area contributed by atoms with Crippen molar-refractivity contribution in [1.82, 2.24) is 14.3 Å². The molecule has 10 heteroatoms. The van der Waals surface area contributed by atoms with Gasteiger partial charge in [0.05, 0.1) is 13.2 Å². The fourth-order valence-electron chi connectivity index (χ4n) is 4.28. The van der Waals surface area contributed by atoms with E-state index in [1.54, 1.807) is 24.4 Å². The van der Waals surface area contributed by atoms with Gasteiger partial charge in [0.2, 0.25) is 16.0 Å². The van der Waals surface area contributed by atoms with Crippen LogP contribution in [0.3, 0.4) is 0 Å². The Labute approximate surface area is 196 Å². The second-order valence-corrected chi connectivity index (χ2v) is 10.0. The van der Waals surface area contributed by atoms with Crippen molar-refractivity contribution in [3.05, 3.63) is 30.5 Å². The van der Waals surface area contributed by atoms with Gasteiger partial charge < -0.3 is 19.3 Å². The van der Waals surface area contributed by atoms with E-state index < -0.39 is 10.0 Å². The van der Waals surface area contributed by atoms with Crippen molar-refractivity contribution in [3.63, 3.8) is 0 Å². The Balaban J connectivity index is 1.46. The highest BCUT2D eigenvalue weighted by atomic mass is 32.2. The highest BCUT2D eigenvalue weighted by molar-refractivity contribution is 7.89. The number of piperazine rings is 1. The molecule has 0 N–H and O–H groups in total. The van der Waals surface area contributed by atoms with Crippen LogP contribution in [0.2, 0.25) is 0 Å². The van der Waals surface area contributed by atoms with Gasteiger partial charge in [-0.15, -0.1) is 0 Å². The summed E-state index contributed by atoms with van der Waals surface area (Å²) in [6.45, 7) is 8.46. The van der Waals surface area contributed by atoms with Crippen LogP contribution in [-0.4, -0.2) is 75.2 Å². The average Bonchev–Trinajstić information content (AvgIpc) is 2.85. The molecule has 2 fully saturated rings. The maximum absolute atomic E-state index is 13.4. The van der Waals surface area contributed by atoms with Crippen LogP contribution in [0.5, 0.6) is 11.5 Å². The van der Waals surface area contributed by atoms with Crippen LogP contribution in [0.1, 0.15) is 33.1 Å². The van der Waals surface area contributed by atoms with E-state index in [-0.39, 0.29) is 4.90 Å². The van der Waals surface area contributed by atoms with E-state index >= 15 is 0 Å². The molecule has 0 saturated carbocycles. The zero-order chi connectivity index (χ0) is 23.3. The van der Waals surface area contributed by atoms with Gasteiger partial charge in [-0.1, -0.05) is 0 Å². The molecule has 0 aliphatic carbocycles. The van der Waals surface area contributed by atoms with E-state index in [9.17, 15) is 8.42 Å². The summed E-state index contributed by atoms with van der Waals surface area (Å²) in [5.74, 6) is 2.53. The lowest BCUT2D eigenvalue weighted by Gasteiger charge is -2.35. The zero-order valence-corrected chi connectivity index (χ0v) is 20.3. The predicted molar refractivity (Wildman–Crippen MR) is 128 cm³/mol. The van der Waals surface area contributed by atoms with Crippen molar-refractivity contribution in [2.24, 2.45) is 0 Å². The molecule has 180 valence electrons. The Morgan fingerprint density at radius 3 is 2.30 bits per heavy atom. The lowest BCUT2D eigenvalue weighted by atomic mass is 10.1. The Bertz CT molecular complexity index is 1030. The smallest absolute Gasteiger partial charge is 0.246 e. The number of hydrogen-bond acceptors (Lipinski definition) is 8. The number of sulfonamides is 1. The molecule has 0 spiro atoms. The number of rotatable bonds is 8. The molecule has 0 unspecified atom stereocenters. The van der Waals surface area contributed by atoms with Crippen LogP contribution in [0.15, 0.2) is 35.4 Å². The number of aromatic nitrogens is 2. The summed E-state index contributed by atoms with van der Waals surface area (Å²) in [6.07, 6.45) is 5.38. The average molecular weight is 476 g/mol. The molecule has 2 aliphatic heterocycles. The maximum atomic E-state index is 13.4. The maximum Gasteiger partial charge on any atom is 0.246 e. The molecule has 33 heavy (non-hydrogen) atoms. The second kappa shape index (κ2) is 10.6. The molecule has 2 aliphatic rings. The minimum atomic E-state index is -3.69. The van der Waals surface area contributed by atoms with Gasteiger partial charge in [-0.25, -0.2) is 13.4 Å². The molecule has 2 aromatic rings. The number of ether oxygens (including phenoxy) is 2. The fourth-order valence-corrected chi connectivity index (χ4v) is 5.82. The van der Waals surface area contributed by atoms with E-state index in [1.165, 1.54) is 23.6 Å². The molecule has 9 nitrogen and oxygen atoms in total. The summed E-state index contributed by atoms with van der Waals surface area (Å²) in [5, 5.41) is 0. The van der Waals surface area contributed by atoms with Crippen LogP contribution in [0.4, 0.5) is 11.8 Å². The second-order valence-electron chi connectivity index (χ2n) is 8.13. The number of piperidine rings is 1. The number of hydrogen-bond donors (Lipinski definition) is 0. The standard InChI is InChI=1S/C23H33N5O4S/c1-3-31-19-8-9-21(20(18-19)32-4-2)33(29,30)28-16-14-26(15-17-28)22-10-11-24-23(25-22)27-12-6-5-7-13-27/h8-11,18H,3-7,12-17H2,1-2H3. The summed E-state index contributed by atoms with van der Waals surface area (Å²) in [6, 6.07) is 6.81. The molecule has 3 heterocycles. The van der Waals surface area contributed by atoms with Crippen LogP contribution in [0.25, 0.3) is 0 Å². The summed E-state index contributed by atoms with van der Waals surface area (Å²) < 4.78 is 39.5. The molecule has 0 radical (unpaired) electrons. The van der Waals surface area contributed by atoms with Crippen molar-refractivity contribution in [3.8, 4) is 11.5 Å².